The zero-order valence-corrected chi connectivity index (χ0v) is 13.3. The predicted octanol–water partition coefficient (Wildman–Crippen LogP) is 1.17. The van der Waals surface area contributed by atoms with Crippen LogP contribution in [-0.4, -0.2) is 49.7 Å². The van der Waals surface area contributed by atoms with Gasteiger partial charge in [0.2, 0.25) is 15.9 Å². The van der Waals surface area contributed by atoms with E-state index in [1.165, 1.54) is 23.4 Å². The van der Waals surface area contributed by atoms with Crippen LogP contribution < -0.4 is 5.73 Å². The first-order chi connectivity index (χ1) is 9.82. The number of carbonyl (C=O) groups excluding carboxylic acids is 1. The van der Waals surface area contributed by atoms with Gasteiger partial charge in [-0.3, -0.25) is 4.79 Å². The van der Waals surface area contributed by atoms with Crippen LogP contribution in [-0.2, 0) is 14.8 Å². The highest BCUT2D eigenvalue weighted by molar-refractivity contribution is 7.89. The molecule has 1 heterocycles. The molecule has 1 aliphatic heterocycles. The molecule has 2 N–H and O–H groups in total. The van der Waals surface area contributed by atoms with Gasteiger partial charge in [0, 0.05) is 38.8 Å². The highest BCUT2D eigenvalue weighted by atomic mass is 35.5. The Balaban J connectivity index is 2.27. The second-order valence-electron chi connectivity index (χ2n) is 4.95. The maximum atomic E-state index is 12.7. The van der Waals surface area contributed by atoms with Crippen molar-refractivity contribution in [1.29, 1.82) is 0 Å². The third-order valence-electron chi connectivity index (χ3n) is 3.47. The average Bonchev–Trinajstić information content (AvgIpc) is 2.67. The van der Waals surface area contributed by atoms with Crippen LogP contribution in [0.4, 0.5) is 5.69 Å². The van der Waals surface area contributed by atoms with Gasteiger partial charge < -0.3 is 10.6 Å². The van der Waals surface area contributed by atoms with Crippen LogP contribution in [0.1, 0.15) is 13.3 Å². The van der Waals surface area contributed by atoms with E-state index < -0.39 is 10.0 Å². The minimum Gasteiger partial charge on any atom is -0.399 e. The van der Waals surface area contributed by atoms with E-state index in [0.717, 1.165) is 0 Å². The summed E-state index contributed by atoms with van der Waals surface area (Å²) in [5.74, 6) is -0.0452. The van der Waals surface area contributed by atoms with Crippen LogP contribution in [0, 0.1) is 0 Å². The third-order valence-corrected chi connectivity index (χ3v) is 5.85. The molecular weight excluding hydrogens is 314 g/mol. The molecule has 0 atom stereocenters. The van der Waals surface area contributed by atoms with E-state index in [2.05, 4.69) is 0 Å². The lowest BCUT2D eigenvalue weighted by molar-refractivity contribution is -0.128. The standard InChI is InChI=1S/C13H18ClN3O3S/c1-10(18)16-5-2-6-17(8-7-16)21(19,20)13-9-11(15)3-4-12(13)14/h3-4,9H,2,5-8,15H2,1H3. The predicted molar refractivity (Wildman–Crippen MR) is 81.5 cm³/mol. The Hall–Kier alpha value is -1.31. The summed E-state index contributed by atoms with van der Waals surface area (Å²) < 4.78 is 26.7. The Morgan fingerprint density at radius 3 is 2.62 bits per heavy atom. The fourth-order valence-electron chi connectivity index (χ4n) is 2.31. The zero-order chi connectivity index (χ0) is 15.6. The Kier molecular flexibility index (Phi) is 4.75. The summed E-state index contributed by atoms with van der Waals surface area (Å²) in [5.41, 5.74) is 6.00. The summed E-state index contributed by atoms with van der Waals surface area (Å²) in [6, 6.07) is 4.40. The number of nitrogens with two attached hydrogens (primary N) is 1. The topological polar surface area (TPSA) is 83.7 Å². The molecule has 0 saturated carbocycles. The molecule has 6 nitrogen and oxygen atoms in total. The van der Waals surface area contributed by atoms with Gasteiger partial charge in [-0.1, -0.05) is 11.6 Å². The molecule has 21 heavy (non-hydrogen) atoms. The lowest BCUT2D eigenvalue weighted by atomic mass is 10.3. The van der Waals surface area contributed by atoms with Gasteiger partial charge in [-0.25, -0.2) is 8.42 Å². The largest absolute Gasteiger partial charge is 0.399 e. The number of rotatable bonds is 2. The van der Waals surface area contributed by atoms with Crippen molar-refractivity contribution < 1.29 is 13.2 Å². The minimum absolute atomic E-state index is 0.0143. The van der Waals surface area contributed by atoms with Crippen LogP contribution in [0.25, 0.3) is 0 Å². The number of amides is 1. The molecule has 116 valence electrons. The molecule has 0 unspecified atom stereocenters. The first-order valence-corrected chi connectivity index (χ1v) is 8.45. The van der Waals surface area contributed by atoms with Crippen molar-refractivity contribution in [3.05, 3.63) is 23.2 Å². The Bertz CT molecular complexity index is 648. The molecule has 0 radical (unpaired) electrons. The number of nitrogen functional groups attached to an aromatic ring is 1. The normalized spacial score (nSPS) is 17.5. The van der Waals surface area contributed by atoms with E-state index in [-0.39, 0.29) is 22.4 Å². The molecule has 1 saturated heterocycles. The van der Waals surface area contributed by atoms with Crippen molar-refractivity contribution in [1.82, 2.24) is 9.21 Å². The first kappa shape index (κ1) is 16.1. The Labute approximate surface area is 129 Å². The molecule has 0 spiro atoms. The Morgan fingerprint density at radius 2 is 1.95 bits per heavy atom. The summed E-state index contributed by atoms with van der Waals surface area (Å²) in [7, 11) is -3.70. The van der Waals surface area contributed by atoms with E-state index in [9.17, 15) is 13.2 Å². The van der Waals surface area contributed by atoms with Crippen molar-refractivity contribution in [2.24, 2.45) is 0 Å². The zero-order valence-electron chi connectivity index (χ0n) is 11.8. The summed E-state index contributed by atoms with van der Waals surface area (Å²) in [5, 5.41) is 0.150. The van der Waals surface area contributed by atoms with Crippen molar-refractivity contribution in [2.75, 3.05) is 31.9 Å². The van der Waals surface area contributed by atoms with E-state index in [1.54, 1.807) is 11.0 Å². The summed E-state index contributed by atoms with van der Waals surface area (Å²) in [6.07, 6.45) is 0.596. The van der Waals surface area contributed by atoms with Gasteiger partial charge in [0.25, 0.3) is 0 Å². The quantitative estimate of drug-likeness (QED) is 0.824. The fraction of sp³-hybridized carbons (Fsp3) is 0.462. The van der Waals surface area contributed by atoms with E-state index in [1.807, 2.05) is 0 Å². The lowest BCUT2D eigenvalue weighted by Gasteiger charge is -2.21. The van der Waals surface area contributed by atoms with Crippen molar-refractivity contribution in [3.8, 4) is 0 Å². The van der Waals surface area contributed by atoms with Gasteiger partial charge in [0.1, 0.15) is 4.90 Å². The van der Waals surface area contributed by atoms with Crippen molar-refractivity contribution >= 4 is 33.2 Å². The molecule has 0 aliphatic carbocycles. The number of halogens is 1. The van der Waals surface area contributed by atoms with E-state index in [0.29, 0.717) is 31.7 Å². The van der Waals surface area contributed by atoms with E-state index in [4.69, 9.17) is 17.3 Å². The molecule has 1 aromatic rings. The number of nitrogens with zero attached hydrogens (tertiary/aromatic N) is 2. The number of benzene rings is 1. The molecule has 0 bridgehead atoms. The Morgan fingerprint density at radius 1 is 1.24 bits per heavy atom. The first-order valence-electron chi connectivity index (χ1n) is 6.63. The van der Waals surface area contributed by atoms with Crippen LogP contribution in [0.5, 0.6) is 0 Å². The second-order valence-corrected chi connectivity index (χ2v) is 7.27. The number of hydrogen-bond acceptors (Lipinski definition) is 4. The number of hydrogen-bond donors (Lipinski definition) is 1. The maximum absolute atomic E-state index is 12.7. The second kappa shape index (κ2) is 6.21. The number of anilines is 1. The van der Waals surface area contributed by atoms with Crippen LogP contribution in [0.15, 0.2) is 23.1 Å². The van der Waals surface area contributed by atoms with Gasteiger partial charge in [0.15, 0.2) is 0 Å². The van der Waals surface area contributed by atoms with Crippen LogP contribution in [0.2, 0.25) is 5.02 Å². The van der Waals surface area contributed by atoms with Gasteiger partial charge in [0.05, 0.1) is 5.02 Å². The van der Waals surface area contributed by atoms with Crippen LogP contribution >= 0.6 is 11.6 Å². The summed E-state index contributed by atoms with van der Waals surface area (Å²) >= 11 is 5.99. The molecule has 1 amide bonds. The fourth-order valence-corrected chi connectivity index (χ4v) is 4.28. The monoisotopic (exact) mass is 331 g/mol. The van der Waals surface area contributed by atoms with Crippen molar-refractivity contribution in [3.63, 3.8) is 0 Å². The molecule has 1 aromatic carbocycles. The van der Waals surface area contributed by atoms with Gasteiger partial charge in [-0.2, -0.15) is 4.31 Å². The summed E-state index contributed by atoms with van der Waals surface area (Å²) in [4.78, 5) is 13.1. The molecule has 1 aliphatic rings. The molecular formula is C13H18ClN3O3S. The molecule has 0 aromatic heterocycles. The third kappa shape index (κ3) is 3.48. The van der Waals surface area contributed by atoms with Crippen LogP contribution in [0.3, 0.4) is 0 Å². The van der Waals surface area contributed by atoms with Gasteiger partial charge >= 0.3 is 0 Å². The molecule has 2 rings (SSSR count). The minimum atomic E-state index is -3.70. The average molecular weight is 332 g/mol. The summed E-state index contributed by atoms with van der Waals surface area (Å²) in [6.45, 7) is 3.05. The highest BCUT2D eigenvalue weighted by Crippen LogP contribution is 2.27. The van der Waals surface area contributed by atoms with Crippen molar-refractivity contribution in [2.45, 2.75) is 18.2 Å². The molecule has 8 heteroatoms. The van der Waals surface area contributed by atoms with Gasteiger partial charge in [-0.05, 0) is 24.6 Å². The molecule has 1 fully saturated rings. The maximum Gasteiger partial charge on any atom is 0.244 e. The van der Waals surface area contributed by atoms with Gasteiger partial charge in [-0.15, -0.1) is 0 Å². The highest BCUT2D eigenvalue weighted by Gasteiger charge is 2.29. The number of carbonyl (C=O) groups is 1. The SMILES string of the molecule is CC(=O)N1CCCN(S(=O)(=O)c2cc(N)ccc2Cl)CC1. The smallest absolute Gasteiger partial charge is 0.244 e. The van der Waals surface area contributed by atoms with E-state index >= 15 is 0 Å². The number of sulfonamides is 1. The lowest BCUT2D eigenvalue weighted by Crippen LogP contribution is -2.36.